The fourth-order valence-corrected chi connectivity index (χ4v) is 11.8. The van der Waals surface area contributed by atoms with Gasteiger partial charge in [0, 0.05) is 14.1 Å². The van der Waals surface area contributed by atoms with Crippen LogP contribution in [-0.4, -0.2) is 24.1 Å². The van der Waals surface area contributed by atoms with Gasteiger partial charge in [-0.05, 0) is 28.3 Å². The van der Waals surface area contributed by atoms with E-state index in [1.165, 1.54) is 21.2 Å². The molecule has 4 aromatic carbocycles. The van der Waals surface area contributed by atoms with Crippen LogP contribution in [0.3, 0.4) is 0 Å². The lowest BCUT2D eigenvalue weighted by Crippen LogP contribution is -2.35. The predicted octanol–water partition coefficient (Wildman–Crippen LogP) is 4.95. The van der Waals surface area contributed by atoms with Gasteiger partial charge < -0.3 is 0 Å². The number of hydrogen-bond acceptors (Lipinski definition) is 1. The van der Waals surface area contributed by atoms with Crippen molar-refractivity contribution in [3.8, 4) is 0 Å². The van der Waals surface area contributed by atoms with Gasteiger partial charge in [0.25, 0.3) is 0 Å². The zero-order valence-corrected chi connectivity index (χ0v) is 19.1. The van der Waals surface area contributed by atoms with E-state index in [4.69, 9.17) is 12.6 Å². The molecule has 0 fully saturated rings. The van der Waals surface area contributed by atoms with Gasteiger partial charge >= 0.3 is 0 Å². The average Bonchev–Trinajstić information content (AvgIpc) is 2.84. The quantitative estimate of drug-likeness (QED) is 0.394. The molecule has 0 spiro atoms. The molecule has 0 saturated carbocycles. The molecule has 150 valence electrons. The number of rotatable bonds is 6. The van der Waals surface area contributed by atoms with Crippen LogP contribution < -0.4 is 21.2 Å². The van der Waals surface area contributed by atoms with Crippen molar-refractivity contribution in [2.24, 2.45) is 0 Å². The molecule has 0 radical (unpaired) electrons. The van der Waals surface area contributed by atoms with E-state index in [1.807, 2.05) is 0 Å². The third-order valence-electron chi connectivity index (χ3n) is 5.72. The Kier molecular flexibility index (Phi) is 5.98. The molecule has 0 aliphatic heterocycles. The predicted molar refractivity (Wildman–Crippen MR) is 140 cm³/mol. The first kappa shape index (κ1) is 20.7. The summed E-state index contributed by atoms with van der Waals surface area (Å²) in [4.78, 5) is 0. The zero-order valence-electron chi connectivity index (χ0n) is 17.3. The van der Waals surface area contributed by atoms with Gasteiger partial charge in [0.05, 0.1) is 0 Å². The normalized spacial score (nSPS) is 12.1. The highest BCUT2D eigenvalue weighted by Crippen LogP contribution is 2.62. The maximum Gasteiger partial charge on any atom is 0.00618 e. The molecule has 0 atom stereocenters. The molecular weight excluding hydrogens is 400 g/mol. The molecule has 1 nitrogen and oxygen atoms in total. The molecule has 3 heteroatoms. The Morgan fingerprint density at radius 2 is 0.633 bits per heavy atom. The van der Waals surface area contributed by atoms with Crippen LogP contribution in [0.4, 0.5) is 0 Å². The summed E-state index contributed by atoms with van der Waals surface area (Å²) in [6.07, 6.45) is 9.90. The highest BCUT2D eigenvalue weighted by atomic mass is 31.2. The van der Waals surface area contributed by atoms with E-state index < -0.39 is 14.1 Å². The third kappa shape index (κ3) is 3.55. The molecule has 0 bridgehead atoms. The topological polar surface area (TPSA) is 3.24 Å². The highest BCUT2D eigenvalue weighted by molar-refractivity contribution is 7.98. The first-order valence-corrected chi connectivity index (χ1v) is 13.9. The van der Waals surface area contributed by atoms with Crippen molar-refractivity contribution in [1.29, 1.82) is 0 Å². The molecular formula is C27H27NP2. The van der Waals surface area contributed by atoms with Gasteiger partial charge in [-0.15, -0.1) is 0 Å². The third-order valence-corrected chi connectivity index (χ3v) is 14.1. The summed E-state index contributed by atoms with van der Waals surface area (Å²) in [5.74, 6) is 0. The fraction of sp³-hybridized carbons (Fsp3) is 0.0370. The van der Waals surface area contributed by atoms with E-state index >= 15 is 0 Å². The second kappa shape index (κ2) is 8.66. The molecule has 0 aliphatic carbocycles. The van der Waals surface area contributed by atoms with Crippen molar-refractivity contribution in [1.82, 2.24) is 4.44 Å². The van der Waals surface area contributed by atoms with E-state index in [0.717, 1.165) is 0 Å². The minimum atomic E-state index is -2.15. The summed E-state index contributed by atoms with van der Waals surface area (Å²) < 4.78 is 2.52. The van der Waals surface area contributed by atoms with Gasteiger partial charge in [0.15, 0.2) is 0 Å². The van der Waals surface area contributed by atoms with Gasteiger partial charge in [0.1, 0.15) is 0 Å². The molecule has 0 aliphatic rings. The Labute approximate surface area is 180 Å². The molecule has 0 unspecified atom stereocenters. The number of benzene rings is 4. The maximum atomic E-state index is 4.95. The van der Waals surface area contributed by atoms with Crippen LogP contribution in [0, 0.1) is 0 Å². The maximum absolute atomic E-state index is 4.95. The van der Waals surface area contributed by atoms with Crippen LogP contribution in [-0.2, 0) is 0 Å². The Morgan fingerprint density at radius 1 is 0.433 bits per heavy atom. The summed E-state index contributed by atoms with van der Waals surface area (Å²) in [5, 5.41) is 5.05. The van der Waals surface area contributed by atoms with E-state index in [0.29, 0.717) is 0 Å². The number of hydrogen-bond donors (Lipinski definition) is 0. The van der Waals surface area contributed by atoms with Crippen molar-refractivity contribution in [3.05, 3.63) is 121 Å². The van der Waals surface area contributed by atoms with Gasteiger partial charge in [-0.25, -0.2) is 0 Å². The van der Waals surface area contributed by atoms with E-state index in [-0.39, 0.29) is 0 Å². The molecule has 0 heterocycles. The van der Waals surface area contributed by atoms with Crippen LogP contribution in [0.5, 0.6) is 0 Å². The van der Waals surface area contributed by atoms with E-state index in [9.17, 15) is 0 Å². The Morgan fingerprint density at radius 3 is 0.833 bits per heavy atom. The minimum Gasteiger partial charge on any atom is -0.252 e. The van der Waals surface area contributed by atoms with Gasteiger partial charge in [0.2, 0.25) is 0 Å². The van der Waals surface area contributed by atoms with E-state index in [1.54, 1.807) is 0 Å². The van der Waals surface area contributed by atoms with Gasteiger partial charge in [-0.1, -0.05) is 134 Å². The van der Waals surface area contributed by atoms with Crippen LogP contribution in [0.2, 0.25) is 0 Å². The summed E-state index contributed by atoms with van der Waals surface area (Å²) in [7, 11) is -2.07. The largest absolute Gasteiger partial charge is 0.252 e. The monoisotopic (exact) mass is 427 g/mol. The highest BCUT2D eigenvalue weighted by Gasteiger charge is 2.35. The molecule has 0 amide bonds. The molecule has 0 saturated heterocycles. The lowest BCUT2D eigenvalue weighted by atomic mass is 10.4. The minimum absolute atomic E-state index is 1.26. The van der Waals surface area contributed by atoms with E-state index in [2.05, 4.69) is 133 Å². The van der Waals surface area contributed by atoms with Crippen molar-refractivity contribution in [2.75, 3.05) is 7.05 Å². The average molecular weight is 427 g/mol. The fourth-order valence-electron chi connectivity index (χ4n) is 3.93. The summed E-state index contributed by atoms with van der Waals surface area (Å²) in [6.45, 7) is 0. The second-order valence-electron chi connectivity index (χ2n) is 7.37. The SMILES string of the molecule is C=P(c1ccccc1)(c1ccccc1)N(C)P(=C)(c1ccccc1)c1ccccc1. The smallest absolute Gasteiger partial charge is 0.00618 e. The molecule has 4 aromatic rings. The van der Waals surface area contributed by atoms with Crippen molar-refractivity contribution in [2.45, 2.75) is 0 Å². The van der Waals surface area contributed by atoms with Crippen LogP contribution >= 0.6 is 14.1 Å². The summed E-state index contributed by atoms with van der Waals surface area (Å²) in [5.41, 5.74) is 0. The van der Waals surface area contributed by atoms with Crippen molar-refractivity contribution < 1.29 is 0 Å². The zero-order chi connectivity index (χ0) is 21.0. The second-order valence-corrected chi connectivity index (χ2v) is 14.0. The summed E-state index contributed by atoms with van der Waals surface area (Å²) in [6, 6.07) is 42.9. The molecule has 4 rings (SSSR count). The lowest BCUT2D eigenvalue weighted by Gasteiger charge is -2.45. The van der Waals surface area contributed by atoms with Crippen LogP contribution in [0.15, 0.2) is 121 Å². The standard InChI is InChI=1S/C27H27NP2/c1-28(29(2,24-16-8-4-9-17-24)25-18-10-5-11-19-25)30(3,26-20-12-6-13-21-26)27-22-14-7-15-23-27/h4-23H,2-3H2,1H3. The first-order valence-electron chi connectivity index (χ1n) is 10.0. The Hall–Kier alpha value is -2.56. The summed E-state index contributed by atoms with van der Waals surface area (Å²) >= 11 is 0. The number of nitrogens with zero attached hydrogens (tertiary/aromatic N) is 1. The Bertz CT molecular complexity index is 1000. The van der Waals surface area contributed by atoms with Crippen LogP contribution in [0.25, 0.3) is 0 Å². The first-order chi connectivity index (χ1) is 14.6. The van der Waals surface area contributed by atoms with Gasteiger partial charge in [-0.2, -0.15) is 0 Å². The molecule has 0 aromatic heterocycles. The molecule has 0 N–H and O–H groups in total. The van der Waals surface area contributed by atoms with Crippen LogP contribution in [0.1, 0.15) is 0 Å². The van der Waals surface area contributed by atoms with Gasteiger partial charge in [-0.3, -0.25) is 4.44 Å². The Balaban J connectivity index is 2.01. The molecule has 30 heavy (non-hydrogen) atoms. The van der Waals surface area contributed by atoms with Crippen molar-refractivity contribution >= 4 is 47.9 Å². The van der Waals surface area contributed by atoms with Crippen molar-refractivity contribution in [3.63, 3.8) is 0 Å². The lowest BCUT2D eigenvalue weighted by molar-refractivity contribution is 0.906.